The van der Waals surface area contributed by atoms with E-state index in [2.05, 4.69) is 5.32 Å². The number of furan rings is 1. The Labute approximate surface area is 177 Å². The summed E-state index contributed by atoms with van der Waals surface area (Å²) in [6, 6.07) is 14.0. The summed E-state index contributed by atoms with van der Waals surface area (Å²) in [4.78, 5) is 38.3. The summed E-state index contributed by atoms with van der Waals surface area (Å²) in [6.07, 6.45) is 1.32. The fourth-order valence-corrected chi connectivity index (χ4v) is 3.37. The number of anilines is 2. The number of carbonyl (C=O) groups is 3. The zero-order chi connectivity index (χ0) is 22.0. The van der Waals surface area contributed by atoms with Gasteiger partial charge in [0.15, 0.2) is 5.76 Å². The highest BCUT2D eigenvalue weighted by molar-refractivity contribution is 6.02. The van der Waals surface area contributed by atoms with Crippen LogP contribution >= 0.6 is 0 Å². The van der Waals surface area contributed by atoms with Crippen molar-refractivity contribution >= 4 is 29.2 Å². The molecule has 0 aliphatic carbocycles. The molecule has 0 bridgehead atoms. The Morgan fingerprint density at radius 3 is 2.74 bits per heavy atom. The van der Waals surface area contributed by atoms with E-state index in [1.54, 1.807) is 37.3 Å². The molecule has 1 atom stereocenters. The zero-order valence-electron chi connectivity index (χ0n) is 16.6. The number of amides is 2. The molecule has 3 aromatic rings. The summed E-state index contributed by atoms with van der Waals surface area (Å²) in [5.41, 5.74) is 1.30. The molecule has 1 aliphatic heterocycles. The van der Waals surface area contributed by atoms with Crippen LogP contribution in [0.5, 0.6) is 5.75 Å². The van der Waals surface area contributed by atoms with Gasteiger partial charge >= 0.3 is 5.97 Å². The summed E-state index contributed by atoms with van der Waals surface area (Å²) in [5.74, 6) is -2.26. The molecule has 0 saturated carbocycles. The van der Waals surface area contributed by atoms with Gasteiger partial charge in [-0.25, -0.2) is 4.39 Å². The monoisotopic (exact) mass is 422 g/mol. The first kappa shape index (κ1) is 20.3. The second kappa shape index (κ2) is 8.43. The van der Waals surface area contributed by atoms with Gasteiger partial charge in [-0.15, -0.1) is 0 Å². The maximum Gasteiger partial charge on any atom is 0.316 e. The zero-order valence-corrected chi connectivity index (χ0v) is 16.6. The summed E-state index contributed by atoms with van der Waals surface area (Å²) < 4.78 is 24.7. The van der Waals surface area contributed by atoms with E-state index in [-0.39, 0.29) is 36.1 Å². The third-order valence-corrected chi connectivity index (χ3v) is 4.91. The van der Waals surface area contributed by atoms with Crippen LogP contribution in [0.1, 0.15) is 22.5 Å². The Hall–Kier alpha value is -3.94. The number of carbonyl (C=O) groups excluding carboxylic acids is 3. The molecular weight excluding hydrogens is 403 g/mol. The summed E-state index contributed by atoms with van der Waals surface area (Å²) in [6.45, 7) is 1.79. The Balaban J connectivity index is 1.41. The lowest BCUT2D eigenvalue weighted by molar-refractivity contribution is -0.139. The number of ether oxygens (including phenoxy) is 1. The van der Waals surface area contributed by atoms with Crippen molar-refractivity contribution in [3.05, 3.63) is 78.0 Å². The van der Waals surface area contributed by atoms with Crippen LogP contribution in [0.25, 0.3) is 0 Å². The Morgan fingerprint density at radius 1 is 1.16 bits per heavy atom. The average Bonchev–Trinajstić information content (AvgIpc) is 3.39. The lowest BCUT2D eigenvalue weighted by Crippen LogP contribution is -2.28. The topological polar surface area (TPSA) is 88.8 Å². The minimum atomic E-state index is -0.727. The van der Waals surface area contributed by atoms with Crippen molar-refractivity contribution in [2.24, 2.45) is 5.92 Å². The van der Waals surface area contributed by atoms with E-state index < -0.39 is 23.6 Å². The van der Waals surface area contributed by atoms with Crippen molar-refractivity contribution in [1.29, 1.82) is 0 Å². The van der Waals surface area contributed by atoms with Crippen LogP contribution in [0.3, 0.4) is 0 Å². The van der Waals surface area contributed by atoms with Gasteiger partial charge in [0, 0.05) is 24.7 Å². The Bertz CT molecular complexity index is 1140. The molecule has 1 aromatic heterocycles. The van der Waals surface area contributed by atoms with Gasteiger partial charge < -0.3 is 19.4 Å². The largest absolute Gasteiger partial charge is 0.459 e. The molecule has 2 aromatic carbocycles. The highest BCUT2D eigenvalue weighted by Gasteiger charge is 2.37. The average molecular weight is 422 g/mol. The number of esters is 1. The minimum Gasteiger partial charge on any atom is -0.459 e. The van der Waals surface area contributed by atoms with Gasteiger partial charge in [-0.3, -0.25) is 14.4 Å². The number of nitrogens with zero attached hydrogens (tertiary/aromatic N) is 1. The van der Waals surface area contributed by atoms with Crippen molar-refractivity contribution in [2.75, 3.05) is 16.8 Å². The summed E-state index contributed by atoms with van der Waals surface area (Å²) >= 11 is 0. The molecular formula is C23H19FN2O5. The van der Waals surface area contributed by atoms with Gasteiger partial charge in [0.2, 0.25) is 5.91 Å². The molecule has 4 rings (SSSR count). The van der Waals surface area contributed by atoms with Gasteiger partial charge in [-0.1, -0.05) is 12.1 Å². The van der Waals surface area contributed by atoms with Crippen molar-refractivity contribution < 1.29 is 27.9 Å². The fraction of sp³-hybridized carbons (Fsp3) is 0.174. The van der Waals surface area contributed by atoms with E-state index >= 15 is 0 Å². The highest BCUT2D eigenvalue weighted by atomic mass is 19.1. The second-order valence-corrected chi connectivity index (χ2v) is 7.24. The minimum absolute atomic E-state index is 0.0343. The molecule has 2 amide bonds. The molecule has 2 heterocycles. The van der Waals surface area contributed by atoms with Crippen LogP contribution in [-0.4, -0.2) is 24.3 Å². The van der Waals surface area contributed by atoms with E-state index in [0.29, 0.717) is 5.69 Å². The van der Waals surface area contributed by atoms with Crippen molar-refractivity contribution in [3.8, 4) is 5.75 Å². The van der Waals surface area contributed by atoms with Gasteiger partial charge in [0.1, 0.15) is 11.6 Å². The highest BCUT2D eigenvalue weighted by Crippen LogP contribution is 2.29. The molecule has 0 spiro atoms. The Morgan fingerprint density at radius 2 is 2.00 bits per heavy atom. The number of nitrogens with one attached hydrogen (secondary N) is 1. The number of hydrogen-bond acceptors (Lipinski definition) is 5. The number of rotatable bonds is 5. The van der Waals surface area contributed by atoms with Crippen LogP contribution < -0.4 is 15.0 Å². The van der Waals surface area contributed by atoms with Crippen LogP contribution in [0, 0.1) is 18.7 Å². The molecule has 8 heteroatoms. The molecule has 1 aliphatic rings. The first-order chi connectivity index (χ1) is 14.9. The maximum atomic E-state index is 14.2. The number of benzene rings is 2. The van der Waals surface area contributed by atoms with Crippen LogP contribution in [-0.2, 0) is 9.59 Å². The quantitative estimate of drug-likeness (QED) is 0.497. The number of hydrogen-bond donors (Lipinski definition) is 1. The van der Waals surface area contributed by atoms with Crippen molar-refractivity contribution in [1.82, 2.24) is 0 Å². The second-order valence-electron chi connectivity index (χ2n) is 7.24. The molecule has 1 N–H and O–H groups in total. The predicted octanol–water partition coefficient (Wildman–Crippen LogP) is 3.94. The number of aryl methyl sites for hydroxylation is 1. The normalized spacial score (nSPS) is 15.7. The van der Waals surface area contributed by atoms with E-state index in [9.17, 15) is 18.8 Å². The Kier molecular flexibility index (Phi) is 5.53. The smallest absolute Gasteiger partial charge is 0.316 e. The molecule has 158 valence electrons. The maximum absolute atomic E-state index is 14.2. The first-order valence-electron chi connectivity index (χ1n) is 9.64. The van der Waals surface area contributed by atoms with E-state index in [0.717, 1.165) is 5.56 Å². The summed E-state index contributed by atoms with van der Waals surface area (Å²) in [5, 5.41) is 2.65. The molecule has 0 radical (unpaired) electrons. The van der Waals surface area contributed by atoms with Crippen LogP contribution in [0.15, 0.2) is 65.3 Å². The fourth-order valence-electron chi connectivity index (χ4n) is 3.37. The van der Waals surface area contributed by atoms with E-state index in [1.165, 1.54) is 35.4 Å². The molecule has 1 saturated heterocycles. The first-order valence-corrected chi connectivity index (χ1v) is 9.64. The van der Waals surface area contributed by atoms with Gasteiger partial charge in [0.25, 0.3) is 5.91 Å². The SMILES string of the molecule is Cc1ccc(N2CC(C(=O)Oc3cccc(NC(=O)c4ccco4)c3)CC2=O)c(F)c1. The van der Waals surface area contributed by atoms with Crippen LogP contribution in [0.2, 0.25) is 0 Å². The predicted molar refractivity (Wildman–Crippen MR) is 110 cm³/mol. The van der Waals surface area contributed by atoms with Crippen LogP contribution in [0.4, 0.5) is 15.8 Å². The lowest BCUT2D eigenvalue weighted by atomic mass is 10.1. The molecule has 1 unspecified atom stereocenters. The number of halogens is 1. The van der Waals surface area contributed by atoms with Crippen molar-refractivity contribution in [3.63, 3.8) is 0 Å². The molecule has 1 fully saturated rings. The third-order valence-electron chi connectivity index (χ3n) is 4.91. The molecule has 31 heavy (non-hydrogen) atoms. The standard InChI is InChI=1S/C23H19FN2O5/c1-14-7-8-19(18(24)10-14)26-13-15(11-21(26)27)23(29)31-17-5-2-4-16(12-17)25-22(28)20-6-3-9-30-20/h2-10,12,15H,11,13H2,1H3,(H,25,28). The summed E-state index contributed by atoms with van der Waals surface area (Å²) in [7, 11) is 0. The third kappa shape index (κ3) is 4.48. The lowest BCUT2D eigenvalue weighted by Gasteiger charge is -2.17. The van der Waals surface area contributed by atoms with Gasteiger partial charge in [0.05, 0.1) is 17.9 Å². The van der Waals surface area contributed by atoms with Gasteiger partial charge in [-0.05, 0) is 48.9 Å². The van der Waals surface area contributed by atoms with E-state index in [4.69, 9.17) is 9.15 Å². The van der Waals surface area contributed by atoms with E-state index in [1.807, 2.05) is 0 Å². The molecule has 7 nitrogen and oxygen atoms in total. The van der Waals surface area contributed by atoms with Gasteiger partial charge in [-0.2, -0.15) is 0 Å². The van der Waals surface area contributed by atoms with Crippen molar-refractivity contribution in [2.45, 2.75) is 13.3 Å².